The van der Waals surface area contributed by atoms with Gasteiger partial charge in [0.15, 0.2) is 0 Å². The maximum Gasteiger partial charge on any atom is 0.0580 e. The summed E-state index contributed by atoms with van der Waals surface area (Å²) in [6.07, 6.45) is 17.0. The number of hydrogen-bond donors (Lipinski definition) is 1. The number of aliphatic hydroxyl groups excluding tert-OH is 1. The standard InChI is InChI=1S/C28H44O/c1-17(2)18(3)7-8-19(4)23-11-12-25-27(23,5)13-6-14-28(25)24-16-20-15-21(29)9-10-22(20)26(24)28/h7-8,17-19,21,23-26,29H,6,9-16H2,1-5H3/b8-7+/t18-,19-,21-,23-,24+,25-,26?,27-,28?/m0/s1. The van der Waals surface area contributed by atoms with Gasteiger partial charge in [-0.1, -0.05) is 64.3 Å². The lowest BCUT2D eigenvalue weighted by Crippen LogP contribution is -2.41. The van der Waals surface area contributed by atoms with Crippen LogP contribution in [0, 0.1) is 52.3 Å². The van der Waals surface area contributed by atoms with E-state index in [2.05, 4.69) is 46.8 Å². The Labute approximate surface area is 179 Å². The van der Waals surface area contributed by atoms with E-state index >= 15 is 0 Å². The third-order valence-electron chi connectivity index (χ3n) is 10.9. The second kappa shape index (κ2) is 6.98. The van der Waals surface area contributed by atoms with Crippen molar-refractivity contribution in [1.29, 1.82) is 0 Å². The smallest absolute Gasteiger partial charge is 0.0580 e. The maximum absolute atomic E-state index is 10.1. The molecule has 9 atom stereocenters. The van der Waals surface area contributed by atoms with E-state index in [0.717, 1.165) is 48.3 Å². The number of allylic oxidation sites excluding steroid dienone is 3. The van der Waals surface area contributed by atoms with E-state index in [-0.39, 0.29) is 6.10 Å². The number of rotatable bonds is 4. The molecule has 3 saturated carbocycles. The first-order valence-corrected chi connectivity index (χ1v) is 12.9. The van der Waals surface area contributed by atoms with Crippen LogP contribution in [0.4, 0.5) is 0 Å². The van der Waals surface area contributed by atoms with Gasteiger partial charge < -0.3 is 5.11 Å². The molecular weight excluding hydrogens is 352 g/mol. The Bertz CT molecular complexity index is 716. The Hall–Kier alpha value is -0.560. The number of fused-ring (bicyclic) bond motifs is 6. The predicted molar refractivity (Wildman–Crippen MR) is 121 cm³/mol. The Balaban J connectivity index is 1.36. The van der Waals surface area contributed by atoms with Crippen molar-refractivity contribution in [3.8, 4) is 0 Å². The van der Waals surface area contributed by atoms with Crippen LogP contribution in [0.5, 0.6) is 0 Å². The van der Waals surface area contributed by atoms with Crippen LogP contribution in [0.1, 0.15) is 92.4 Å². The summed E-state index contributed by atoms with van der Waals surface area (Å²) in [6.45, 7) is 12.3. The number of aliphatic hydroxyl groups is 1. The maximum atomic E-state index is 10.1. The second-order valence-corrected chi connectivity index (χ2v) is 12.4. The van der Waals surface area contributed by atoms with E-state index in [1.54, 1.807) is 5.57 Å². The zero-order chi connectivity index (χ0) is 20.6. The molecule has 1 spiro atoms. The van der Waals surface area contributed by atoms with Crippen molar-refractivity contribution in [1.82, 2.24) is 0 Å². The highest BCUT2D eigenvalue weighted by Gasteiger charge is 2.75. The highest BCUT2D eigenvalue weighted by molar-refractivity contribution is 5.42. The molecule has 0 aromatic carbocycles. The van der Waals surface area contributed by atoms with Crippen molar-refractivity contribution < 1.29 is 5.11 Å². The van der Waals surface area contributed by atoms with Crippen LogP contribution in [0.25, 0.3) is 0 Å². The monoisotopic (exact) mass is 396 g/mol. The lowest BCUT2D eigenvalue weighted by atomic mass is 9.56. The average molecular weight is 397 g/mol. The lowest BCUT2D eigenvalue weighted by Gasteiger charge is -2.49. The van der Waals surface area contributed by atoms with E-state index in [1.165, 1.54) is 44.9 Å². The minimum absolute atomic E-state index is 0.0458. The molecule has 0 amide bonds. The van der Waals surface area contributed by atoms with E-state index in [9.17, 15) is 5.11 Å². The van der Waals surface area contributed by atoms with Crippen LogP contribution < -0.4 is 0 Å². The van der Waals surface area contributed by atoms with Gasteiger partial charge in [-0.25, -0.2) is 0 Å². The SMILES string of the molecule is CC(C)[C@@H](C)/C=C/[C@H](C)[C@@H]1CC[C@@H]2C3(CCC[C@]21C)C1C2=C(C[C@@H](O)CC2)C[C@H]13. The van der Waals surface area contributed by atoms with Gasteiger partial charge >= 0.3 is 0 Å². The highest BCUT2D eigenvalue weighted by atomic mass is 16.3. The molecule has 5 aliphatic carbocycles. The first-order valence-electron chi connectivity index (χ1n) is 12.9. The summed E-state index contributed by atoms with van der Waals surface area (Å²) in [5.41, 5.74) is 4.75. The van der Waals surface area contributed by atoms with E-state index in [4.69, 9.17) is 0 Å². The molecule has 0 radical (unpaired) electrons. The molecule has 162 valence electrons. The first-order chi connectivity index (χ1) is 13.8. The summed E-state index contributed by atoms with van der Waals surface area (Å²) in [4.78, 5) is 0. The van der Waals surface area contributed by atoms with Gasteiger partial charge in [0, 0.05) is 0 Å². The molecule has 1 nitrogen and oxygen atoms in total. The van der Waals surface area contributed by atoms with Crippen molar-refractivity contribution in [2.75, 3.05) is 0 Å². The second-order valence-electron chi connectivity index (χ2n) is 12.4. The van der Waals surface area contributed by atoms with Crippen molar-refractivity contribution in [3.05, 3.63) is 23.3 Å². The van der Waals surface area contributed by atoms with Gasteiger partial charge in [0.25, 0.3) is 0 Å². The van der Waals surface area contributed by atoms with Gasteiger partial charge in [-0.3, -0.25) is 0 Å². The van der Waals surface area contributed by atoms with Crippen LogP contribution in [0.2, 0.25) is 0 Å². The topological polar surface area (TPSA) is 20.2 Å². The summed E-state index contributed by atoms with van der Waals surface area (Å²) in [5, 5.41) is 10.1. The third-order valence-corrected chi connectivity index (χ3v) is 10.9. The average Bonchev–Trinajstić information content (AvgIpc) is 2.98. The molecule has 0 aromatic heterocycles. The zero-order valence-electron chi connectivity index (χ0n) is 19.6. The van der Waals surface area contributed by atoms with Gasteiger partial charge in [-0.15, -0.1) is 0 Å². The molecule has 3 fully saturated rings. The third kappa shape index (κ3) is 2.89. The predicted octanol–water partition coefficient (Wildman–Crippen LogP) is 7.16. The van der Waals surface area contributed by atoms with Crippen LogP contribution in [0.15, 0.2) is 23.3 Å². The quantitative estimate of drug-likeness (QED) is 0.500. The van der Waals surface area contributed by atoms with Gasteiger partial charge in [-0.2, -0.15) is 0 Å². The minimum atomic E-state index is -0.0458. The van der Waals surface area contributed by atoms with Crippen LogP contribution >= 0.6 is 0 Å². The van der Waals surface area contributed by atoms with Gasteiger partial charge in [0.05, 0.1) is 6.10 Å². The lowest BCUT2D eigenvalue weighted by molar-refractivity contribution is 0.0118. The van der Waals surface area contributed by atoms with Crippen molar-refractivity contribution >= 4 is 0 Å². The fraction of sp³-hybridized carbons (Fsp3) is 0.857. The molecule has 0 aromatic rings. The van der Waals surface area contributed by atoms with Crippen molar-refractivity contribution in [2.45, 2.75) is 98.5 Å². The molecule has 5 aliphatic rings. The molecule has 1 heteroatoms. The molecular formula is C28H44O. The van der Waals surface area contributed by atoms with E-state index in [1.807, 2.05) is 5.57 Å². The van der Waals surface area contributed by atoms with E-state index in [0.29, 0.717) is 16.7 Å². The molecule has 0 aliphatic heterocycles. The molecule has 0 bridgehead atoms. The van der Waals surface area contributed by atoms with Crippen LogP contribution in [-0.2, 0) is 0 Å². The van der Waals surface area contributed by atoms with Crippen molar-refractivity contribution in [3.63, 3.8) is 0 Å². The molecule has 29 heavy (non-hydrogen) atoms. The van der Waals surface area contributed by atoms with Crippen LogP contribution in [0.3, 0.4) is 0 Å². The number of hydrogen-bond acceptors (Lipinski definition) is 1. The highest BCUT2D eigenvalue weighted by Crippen LogP contribution is 2.82. The van der Waals surface area contributed by atoms with Crippen molar-refractivity contribution in [2.24, 2.45) is 52.3 Å². The summed E-state index contributed by atoms with van der Waals surface area (Å²) in [7, 11) is 0. The molecule has 5 rings (SSSR count). The van der Waals surface area contributed by atoms with Crippen LogP contribution in [-0.4, -0.2) is 11.2 Å². The molecule has 1 N–H and O–H groups in total. The summed E-state index contributed by atoms with van der Waals surface area (Å²) >= 11 is 0. The van der Waals surface area contributed by atoms with Gasteiger partial charge in [0.1, 0.15) is 0 Å². The summed E-state index contributed by atoms with van der Waals surface area (Å²) in [6, 6.07) is 0. The summed E-state index contributed by atoms with van der Waals surface area (Å²) in [5.74, 6) is 5.86. The van der Waals surface area contributed by atoms with E-state index < -0.39 is 0 Å². The van der Waals surface area contributed by atoms with Gasteiger partial charge in [0.2, 0.25) is 0 Å². The molecule has 0 saturated heterocycles. The first kappa shape index (κ1) is 20.3. The van der Waals surface area contributed by atoms with Gasteiger partial charge in [-0.05, 0) is 104 Å². The Morgan fingerprint density at radius 3 is 2.55 bits per heavy atom. The Morgan fingerprint density at radius 1 is 1.00 bits per heavy atom. The fourth-order valence-corrected chi connectivity index (χ4v) is 9.13. The largest absolute Gasteiger partial charge is 0.393 e. The zero-order valence-corrected chi connectivity index (χ0v) is 19.6. The molecule has 0 heterocycles. The minimum Gasteiger partial charge on any atom is -0.393 e. The normalized spacial score (nSPS) is 48.2. The summed E-state index contributed by atoms with van der Waals surface area (Å²) < 4.78 is 0. The Kier molecular flexibility index (Phi) is 4.89. The Morgan fingerprint density at radius 2 is 1.79 bits per heavy atom. The molecule has 2 unspecified atom stereocenters. The fourth-order valence-electron chi connectivity index (χ4n) is 9.13.